The molecule has 1 amide bonds. The van der Waals surface area contributed by atoms with Crippen molar-refractivity contribution in [3.8, 4) is 17.1 Å². The van der Waals surface area contributed by atoms with E-state index in [9.17, 15) is 23.1 Å². The smallest absolute Gasteiger partial charge is 0.471 e. The Labute approximate surface area is 197 Å². The molecule has 10 heteroatoms. The lowest BCUT2D eigenvalue weighted by Crippen LogP contribution is -2.49. The first-order valence-corrected chi connectivity index (χ1v) is 10.7. The van der Waals surface area contributed by atoms with Gasteiger partial charge < -0.3 is 19.8 Å². The van der Waals surface area contributed by atoms with E-state index >= 15 is 0 Å². The summed E-state index contributed by atoms with van der Waals surface area (Å²) in [4.78, 5) is 18.4. The van der Waals surface area contributed by atoms with Crippen molar-refractivity contribution in [2.24, 2.45) is 0 Å². The Morgan fingerprint density at radius 1 is 0.971 bits per heavy atom. The first-order chi connectivity index (χ1) is 16.8. The Bertz CT molecular complexity index is 1350. The van der Waals surface area contributed by atoms with E-state index in [-0.39, 0.29) is 17.5 Å². The second kappa shape index (κ2) is 8.79. The number of carbonyl (C=O) groups excluding carboxylic acids is 1. The number of phenolic OH excluding ortho intramolecular Hbond substituents is 1. The molecule has 4 aromatic rings. The van der Waals surface area contributed by atoms with Crippen LogP contribution in [0.25, 0.3) is 11.4 Å². The highest BCUT2D eigenvalue weighted by atomic mass is 19.4. The minimum absolute atomic E-state index is 0.146. The predicted molar refractivity (Wildman–Crippen MR) is 122 cm³/mol. The Morgan fingerprint density at radius 3 is 2.34 bits per heavy atom. The quantitative estimate of drug-likeness (QED) is 0.416. The molecule has 0 fully saturated rings. The topological polar surface area (TPSA) is 91.5 Å². The summed E-state index contributed by atoms with van der Waals surface area (Å²) >= 11 is 0. The van der Waals surface area contributed by atoms with E-state index < -0.39 is 18.1 Å². The van der Waals surface area contributed by atoms with Crippen molar-refractivity contribution < 1.29 is 27.6 Å². The molecule has 0 radical (unpaired) electrons. The van der Waals surface area contributed by atoms with Crippen molar-refractivity contribution >= 4 is 17.3 Å². The first kappa shape index (κ1) is 22.5. The van der Waals surface area contributed by atoms with Gasteiger partial charge in [0.2, 0.25) is 11.7 Å². The third-order valence-electron chi connectivity index (χ3n) is 5.75. The molecule has 1 aliphatic rings. The Morgan fingerprint density at radius 2 is 1.66 bits per heavy atom. The molecule has 1 aliphatic heterocycles. The van der Waals surface area contributed by atoms with Crippen molar-refractivity contribution in [2.75, 3.05) is 10.2 Å². The summed E-state index contributed by atoms with van der Waals surface area (Å²) in [6, 6.07) is 20.4. The number of aromatic nitrogens is 2. The number of rotatable bonds is 5. The summed E-state index contributed by atoms with van der Waals surface area (Å²) in [6.07, 6.45) is -4.29. The number of benzene rings is 3. The van der Waals surface area contributed by atoms with Gasteiger partial charge in [-0.3, -0.25) is 4.79 Å². The minimum Gasteiger partial charge on any atom is -0.508 e. The number of phenols is 1. The summed E-state index contributed by atoms with van der Waals surface area (Å²) in [5, 5.41) is 15.9. The molecule has 1 aromatic heterocycles. The van der Waals surface area contributed by atoms with Crippen molar-refractivity contribution in [2.45, 2.75) is 25.2 Å². The van der Waals surface area contributed by atoms with Crippen molar-refractivity contribution in [1.82, 2.24) is 10.1 Å². The molecular formula is C25H19F3N4O3. The van der Waals surface area contributed by atoms with Crippen LogP contribution in [0.15, 0.2) is 77.3 Å². The average Bonchev–Trinajstić information content (AvgIpc) is 3.34. The number of hydrogen-bond acceptors (Lipinski definition) is 6. The standard InChI is InChI=1S/C25H19F3N4O3/c26-25(27,28)24-30-22(31-35-24)17-9-5-16(6-10-17)14-32-20-4-2-1-3-19(20)29-23(34)21(32)13-15-7-11-18(33)12-8-15/h1-12,21,33H,13-14H2,(H,29,34)/t21-/m1/s1. The molecule has 0 bridgehead atoms. The van der Waals surface area contributed by atoms with Crippen LogP contribution in [0.2, 0.25) is 0 Å². The average molecular weight is 480 g/mol. The molecule has 0 saturated carbocycles. The van der Waals surface area contributed by atoms with Gasteiger partial charge in [-0.25, -0.2) is 0 Å². The molecule has 0 unspecified atom stereocenters. The summed E-state index contributed by atoms with van der Waals surface area (Å²) in [5.41, 5.74) is 3.66. The molecule has 7 nitrogen and oxygen atoms in total. The van der Waals surface area contributed by atoms with E-state index in [1.54, 1.807) is 48.5 Å². The van der Waals surface area contributed by atoms with Crippen LogP contribution in [0, 0.1) is 0 Å². The van der Waals surface area contributed by atoms with Gasteiger partial charge in [0.05, 0.1) is 11.4 Å². The molecule has 0 saturated heterocycles. The van der Waals surface area contributed by atoms with Gasteiger partial charge in [-0.1, -0.05) is 53.7 Å². The molecule has 5 rings (SSSR count). The number of para-hydroxylation sites is 2. The van der Waals surface area contributed by atoms with Crippen LogP contribution in [0.5, 0.6) is 5.75 Å². The summed E-state index contributed by atoms with van der Waals surface area (Å²) < 4.78 is 42.6. The monoisotopic (exact) mass is 480 g/mol. The fourth-order valence-electron chi connectivity index (χ4n) is 4.02. The van der Waals surface area contributed by atoms with Crippen LogP contribution in [-0.2, 0) is 23.9 Å². The van der Waals surface area contributed by atoms with E-state index in [0.717, 1.165) is 16.8 Å². The van der Waals surface area contributed by atoms with Gasteiger partial charge in [-0.2, -0.15) is 18.2 Å². The maximum absolute atomic E-state index is 13.0. The zero-order valence-electron chi connectivity index (χ0n) is 18.2. The van der Waals surface area contributed by atoms with Crippen LogP contribution in [0.1, 0.15) is 17.0 Å². The van der Waals surface area contributed by atoms with E-state index in [1.807, 2.05) is 29.2 Å². The van der Waals surface area contributed by atoms with Crippen molar-refractivity contribution in [3.05, 3.63) is 89.8 Å². The van der Waals surface area contributed by atoms with Gasteiger partial charge in [-0.05, 0) is 35.4 Å². The van der Waals surface area contributed by atoms with Gasteiger partial charge >= 0.3 is 12.1 Å². The molecular weight excluding hydrogens is 461 g/mol. The largest absolute Gasteiger partial charge is 0.508 e. The first-order valence-electron chi connectivity index (χ1n) is 10.7. The van der Waals surface area contributed by atoms with Crippen LogP contribution in [0.4, 0.5) is 24.5 Å². The molecule has 3 aromatic carbocycles. The number of nitrogens with one attached hydrogen (secondary N) is 1. The van der Waals surface area contributed by atoms with Crippen molar-refractivity contribution in [1.29, 1.82) is 0 Å². The SMILES string of the molecule is O=C1Nc2ccccc2N(Cc2ccc(-c3noc(C(F)(F)F)n3)cc2)[C@@H]1Cc1ccc(O)cc1. The van der Waals surface area contributed by atoms with E-state index in [1.165, 1.54) is 0 Å². The lowest BCUT2D eigenvalue weighted by molar-refractivity contribution is -0.159. The number of alkyl halides is 3. The Kier molecular flexibility index (Phi) is 5.64. The van der Waals surface area contributed by atoms with E-state index in [0.29, 0.717) is 24.2 Å². The fraction of sp³-hybridized carbons (Fsp3) is 0.160. The Hall–Kier alpha value is -4.34. The highest BCUT2D eigenvalue weighted by Gasteiger charge is 2.38. The third kappa shape index (κ3) is 4.68. The van der Waals surface area contributed by atoms with Gasteiger partial charge in [0, 0.05) is 18.5 Å². The predicted octanol–water partition coefficient (Wildman–Crippen LogP) is 5.03. The minimum atomic E-state index is -4.71. The van der Waals surface area contributed by atoms with Crippen LogP contribution in [-0.4, -0.2) is 27.2 Å². The number of hydrogen-bond donors (Lipinski definition) is 2. The van der Waals surface area contributed by atoms with Gasteiger partial charge in [-0.15, -0.1) is 0 Å². The van der Waals surface area contributed by atoms with Gasteiger partial charge in [0.15, 0.2) is 0 Å². The van der Waals surface area contributed by atoms with Gasteiger partial charge in [0.25, 0.3) is 0 Å². The lowest BCUT2D eigenvalue weighted by Gasteiger charge is -2.38. The number of anilines is 2. The summed E-state index contributed by atoms with van der Waals surface area (Å²) in [7, 11) is 0. The Balaban J connectivity index is 1.42. The highest BCUT2D eigenvalue weighted by Crippen LogP contribution is 2.35. The zero-order valence-corrected chi connectivity index (χ0v) is 18.2. The molecule has 0 spiro atoms. The fourth-order valence-corrected chi connectivity index (χ4v) is 4.02. The second-order valence-corrected chi connectivity index (χ2v) is 8.14. The number of halogens is 3. The third-order valence-corrected chi connectivity index (χ3v) is 5.75. The van der Waals surface area contributed by atoms with Crippen molar-refractivity contribution in [3.63, 3.8) is 0 Å². The number of fused-ring (bicyclic) bond motifs is 1. The van der Waals surface area contributed by atoms with E-state index in [4.69, 9.17) is 0 Å². The number of aromatic hydroxyl groups is 1. The number of nitrogens with zero attached hydrogens (tertiary/aromatic N) is 3. The summed E-state index contributed by atoms with van der Waals surface area (Å²) in [5.74, 6) is -1.56. The zero-order chi connectivity index (χ0) is 24.6. The molecule has 2 N–H and O–H groups in total. The second-order valence-electron chi connectivity index (χ2n) is 8.14. The molecule has 35 heavy (non-hydrogen) atoms. The number of carbonyl (C=O) groups is 1. The highest BCUT2D eigenvalue weighted by molar-refractivity contribution is 6.03. The van der Waals surface area contributed by atoms with Crippen LogP contribution >= 0.6 is 0 Å². The van der Waals surface area contributed by atoms with Crippen LogP contribution in [0.3, 0.4) is 0 Å². The molecule has 0 aliphatic carbocycles. The van der Waals surface area contributed by atoms with Crippen LogP contribution < -0.4 is 10.2 Å². The normalized spacial score (nSPS) is 15.6. The molecule has 1 atom stereocenters. The van der Waals surface area contributed by atoms with E-state index in [2.05, 4.69) is 20.0 Å². The number of amides is 1. The molecule has 178 valence electrons. The molecule has 2 heterocycles. The van der Waals surface area contributed by atoms with Gasteiger partial charge in [0.1, 0.15) is 11.8 Å². The summed E-state index contributed by atoms with van der Waals surface area (Å²) in [6.45, 7) is 0.382. The maximum atomic E-state index is 13.0. The maximum Gasteiger partial charge on any atom is 0.471 e. The lowest BCUT2D eigenvalue weighted by atomic mass is 9.99.